The average molecular weight is 287 g/mol. The molecule has 0 bridgehead atoms. The van der Waals surface area contributed by atoms with Crippen LogP contribution in [-0.4, -0.2) is 25.7 Å². The topological polar surface area (TPSA) is 92.7 Å². The molecule has 2 aromatic heterocycles. The van der Waals surface area contributed by atoms with Crippen LogP contribution in [0.25, 0.3) is 5.95 Å². The molecule has 0 spiro atoms. The second-order valence-electron chi connectivity index (χ2n) is 5.45. The molecule has 0 atom stereocenters. The van der Waals surface area contributed by atoms with Gasteiger partial charge < -0.3 is 5.32 Å². The summed E-state index contributed by atoms with van der Waals surface area (Å²) in [4.78, 5) is 30.8. The van der Waals surface area contributed by atoms with E-state index in [9.17, 15) is 9.59 Å². The average Bonchev–Trinajstić information content (AvgIpc) is 3.20. The number of amides is 1. The van der Waals surface area contributed by atoms with E-state index in [1.807, 2.05) is 6.92 Å². The highest BCUT2D eigenvalue weighted by Crippen LogP contribution is 2.30. The van der Waals surface area contributed by atoms with Crippen molar-refractivity contribution in [2.75, 3.05) is 5.32 Å². The van der Waals surface area contributed by atoms with Crippen LogP contribution >= 0.6 is 0 Å². The van der Waals surface area contributed by atoms with Crippen molar-refractivity contribution in [1.29, 1.82) is 0 Å². The van der Waals surface area contributed by atoms with Crippen molar-refractivity contribution in [3.63, 3.8) is 0 Å². The molecule has 1 amide bonds. The Morgan fingerprint density at radius 2 is 2.10 bits per heavy atom. The molecular formula is C14H17N5O2. The van der Waals surface area contributed by atoms with E-state index in [1.54, 1.807) is 19.9 Å². The summed E-state index contributed by atoms with van der Waals surface area (Å²) < 4.78 is 1.46. The molecule has 2 heterocycles. The summed E-state index contributed by atoms with van der Waals surface area (Å²) in [5.41, 5.74) is 1.75. The summed E-state index contributed by atoms with van der Waals surface area (Å²) in [6.07, 6.45) is 1.86. The van der Waals surface area contributed by atoms with Crippen LogP contribution in [0.4, 0.5) is 5.82 Å². The first-order valence-corrected chi connectivity index (χ1v) is 6.91. The molecule has 21 heavy (non-hydrogen) atoms. The molecule has 7 heteroatoms. The second-order valence-corrected chi connectivity index (χ2v) is 5.45. The van der Waals surface area contributed by atoms with E-state index in [2.05, 4.69) is 20.4 Å². The summed E-state index contributed by atoms with van der Waals surface area (Å²) in [5, 5.41) is 7.14. The lowest BCUT2D eigenvalue weighted by Crippen LogP contribution is -2.21. The maximum absolute atomic E-state index is 11.9. The third kappa shape index (κ3) is 2.58. The molecule has 7 nitrogen and oxygen atoms in total. The smallest absolute Gasteiger partial charge is 0.255 e. The van der Waals surface area contributed by atoms with E-state index in [4.69, 9.17) is 0 Å². The Morgan fingerprint density at radius 1 is 1.38 bits per heavy atom. The number of aromatic nitrogens is 4. The van der Waals surface area contributed by atoms with Crippen molar-refractivity contribution < 1.29 is 4.79 Å². The molecule has 0 saturated heterocycles. The third-order valence-electron chi connectivity index (χ3n) is 3.61. The van der Waals surface area contributed by atoms with E-state index in [-0.39, 0.29) is 17.4 Å². The molecular weight excluding hydrogens is 270 g/mol. The van der Waals surface area contributed by atoms with Crippen LogP contribution in [0.5, 0.6) is 0 Å². The molecule has 0 radical (unpaired) electrons. The van der Waals surface area contributed by atoms with Crippen LogP contribution < -0.4 is 10.9 Å². The van der Waals surface area contributed by atoms with Gasteiger partial charge in [0.2, 0.25) is 11.9 Å². The standard InChI is InChI=1S/C14H17N5O2/c1-7-6-11(16-13(21)10-4-5-10)19(18-7)14-15-9(3)8(2)12(20)17-14/h6,10H,4-5H2,1-3H3,(H,16,21)(H,15,17,20). The van der Waals surface area contributed by atoms with Gasteiger partial charge in [-0.2, -0.15) is 9.78 Å². The number of nitrogens with one attached hydrogen (secondary N) is 2. The van der Waals surface area contributed by atoms with Gasteiger partial charge in [0.05, 0.1) is 5.69 Å². The normalized spacial score (nSPS) is 14.2. The van der Waals surface area contributed by atoms with Gasteiger partial charge in [-0.05, 0) is 33.6 Å². The highest BCUT2D eigenvalue weighted by atomic mass is 16.2. The zero-order chi connectivity index (χ0) is 15.1. The van der Waals surface area contributed by atoms with Crippen LogP contribution in [0.15, 0.2) is 10.9 Å². The fourth-order valence-electron chi connectivity index (χ4n) is 2.05. The summed E-state index contributed by atoms with van der Waals surface area (Å²) in [6, 6.07) is 1.76. The predicted octanol–water partition coefficient (Wildman–Crippen LogP) is 1.23. The summed E-state index contributed by atoms with van der Waals surface area (Å²) in [7, 11) is 0. The molecule has 0 unspecified atom stereocenters. The van der Waals surface area contributed by atoms with Gasteiger partial charge in [0.1, 0.15) is 5.82 Å². The molecule has 1 fully saturated rings. The van der Waals surface area contributed by atoms with E-state index < -0.39 is 0 Å². The Kier molecular flexibility index (Phi) is 3.12. The minimum absolute atomic E-state index is 0.0117. The Hall–Kier alpha value is -2.44. The monoisotopic (exact) mass is 287 g/mol. The van der Waals surface area contributed by atoms with Gasteiger partial charge in [0.15, 0.2) is 0 Å². The number of hydrogen-bond donors (Lipinski definition) is 2. The number of carbonyl (C=O) groups is 1. The highest BCUT2D eigenvalue weighted by Gasteiger charge is 2.30. The van der Waals surface area contributed by atoms with Crippen molar-refractivity contribution in [3.8, 4) is 5.95 Å². The molecule has 0 aliphatic heterocycles. The lowest BCUT2D eigenvalue weighted by Gasteiger charge is -2.08. The van der Waals surface area contributed by atoms with E-state index >= 15 is 0 Å². The van der Waals surface area contributed by atoms with Gasteiger partial charge in [-0.1, -0.05) is 0 Å². The number of anilines is 1. The molecule has 0 aromatic carbocycles. The second kappa shape index (κ2) is 4.83. The van der Waals surface area contributed by atoms with Gasteiger partial charge in [-0.15, -0.1) is 0 Å². The lowest BCUT2D eigenvalue weighted by atomic mass is 10.3. The molecule has 1 aliphatic carbocycles. The van der Waals surface area contributed by atoms with Gasteiger partial charge in [0, 0.05) is 23.2 Å². The number of nitrogens with zero attached hydrogens (tertiary/aromatic N) is 3. The van der Waals surface area contributed by atoms with E-state index in [0.717, 1.165) is 18.5 Å². The zero-order valence-corrected chi connectivity index (χ0v) is 12.2. The van der Waals surface area contributed by atoms with Gasteiger partial charge >= 0.3 is 0 Å². The number of carbonyl (C=O) groups excluding carboxylic acids is 1. The van der Waals surface area contributed by atoms with Crippen molar-refractivity contribution in [3.05, 3.63) is 33.4 Å². The first-order valence-electron chi connectivity index (χ1n) is 6.91. The third-order valence-corrected chi connectivity index (χ3v) is 3.61. The van der Waals surface area contributed by atoms with E-state index in [0.29, 0.717) is 23.0 Å². The quantitative estimate of drug-likeness (QED) is 0.888. The number of hydrogen-bond acceptors (Lipinski definition) is 4. The minimum atomic E-state index is -0.204. The maximum Gasteiger partial charge on any atom is 0.255 e. The zero-order valence-electron chi connectivity index (χ0n) is 12.2. The molecule has 2 aromatic rings. The molecule has 110 valence electrons. The first-order chi connectivity index (χ1) is 9.95. The fourth-order valence-corrected chi connectivity index (χ4v) is 2.05. The van der Waals surface area contributed by atoms with Crippen LogP contribution in [0, 0.1) is 26.7 Å². The Balaban J connectivity index is 2.01. The van der Waals surface area contributed by atoms with Crippen LogP contribution in [0.3, 0.4) is 0 Å². The van der Waals surface area contributed by atoms with E-state index in [1.165, 1.54) is 4.68 Å². The highest BCUT2D eigenvalue weighted by molar-refractivity contribution is 5.93. The Bertz CT molecular complexity index is 770. The lowest BCUT2D eigenvalue weighted by molar-refractivity contribution is -0.117. The van der Waals surface area contributed by atoms with Gasteiger partial charge in [-0.25, -0.2) is 4.98 Å². The number of aromatic amines is 1. The molecule has 1 aliphatic rings. The summed E-state index contributed by atoms with van der Waals surface area (Å²) in [5.74, 6) is 0.917. The van der Waals surface area contributed by atoms with Gasteiger partial charge in [0.25, 0.3) is 5.56 Å². The van der Waals surface area contributed by atoms with Crippen molar-refractivity contribution in [2.45, 2.75) is 33.6 Å². The number of H-pyrrole nitrogens is 1. The van der Waals surface area contributed by atoms with Crippen molar-refractivity contribution in [1.82, 2.24) is 19.7 Å². The molecule has 1 saturated carbocycles. The Labute approximate surface area is 121 Å². The Morgan fingerprint density at radius 3 is 2.71 bits per heavy atom. The predicted molar refractivity (Wildman–Crippen MR) is 77.5 cm³/mol. The number of rotatable bonds is 3. The van der Waals surface area contributed by atoms with Crippen molar-refractivity contribution in [2.24, 2.45) is 5.92 Å². The SMILES string of the molecule is Cc1cc(NC(=O)C2CC2)n(-c2nc(C)c(C)c(=O)[nH]2)n1. The summed E-state index contributed by atoms with van der Waals surface area (Å²) in [6.45, 7) is 5.31. The van der Waals surface area contributed by atoms with Crippen molar-refractivity contribution >= 4 is 11.7 Å². The van der Waals surface area contributed by atoms with Gasteiger partial charge in [-0.3, -0.25) is 14.6 Å². The maximum atomic E-state index is 11.9. The fraction of sp³-hybridized carbons (Fsp3) is 0.429. The summed E-state index contributed by atoms with van der Waals surface area (Å²) >= 11 is 0. The van der Waals surface area contributed by atoms with Crippen LogP contribution in [0.1, 0.15) is 29.8 Å². The molecule has 2 N–H and O–H groups in total. The molecule has 3 rings (SSSR count). The minimum Gasteiger partial charge on any atom is -0.310 e. The van der Waals surface area contributed by atoms with Crippen LogP contribution in [0.2, 0.25) is 0 Å². The largest absolute Gasteiger partial charge is 0.310 e. The number of aryl methyl sites for hydroxylation is 2. The first kappa shape index (κ1) is 13.5. The van der Waals surface area contributed by atoms with Crippen LogP contribution in [-0.2, 0) is 4.79 Å².